The third-order valence-electron chi connectivity index (χ3n) is 16.4. The number of anilines is 3. The van der Waals surface area contributed by atoms with Crippen molar-refractivity contribution < 1.29 is 0 Å². The number of hydrogen-bond donors (Lipinski definition) is 0. The molecular formula is C74H52BNS. The normalized spacial score (nSPS) is 12.8. The summed E-state index contributed by atoms with van der Waals surface area (Å²) < 4.78 is 0. The fourth-order valence-electron chi connectivity index (χ4n) is 12.9. The quantitative estimate of drug-likeness (QED) is 0.0928. The highest BCUT2D eigenvalue weighted by molar-refractivity contribution is 8.00. The largest absolute Gasteiger partial charge is 0.310 e. The molecular weight excluding hydrogens is 946 g/mol. The summed E-state index contributed by atoms with van der Waals surface area (Å²) in [6.07, 6.45) is 0. The van der Waals surface area contributed by atoms with E-state index in [0.29, 0.717) is 0 Å². The van der Waals surface area contributed by atoms with Crippen LogP contribution in [0.3, 0.4) is 0 Å². The van der Waals surface area contributed by atoms with Gasteiger partial charge in [-0.25, -0.2) is 0 Å². The highest BCUT2D eigenvalue weighted by Gasteiger charge is 2.43. The minimum absolute atomic E-state index is 0.0182. The fraction of sp³-hybridized carbons (Fsp3) is 0.0541. The Hall–Kier alpha value is -8.89. The van der Waals surface area contributed by atoms with Gasteiger partial charge in [0, 0.05) is 32.3 Å². The standard InChI is InChI=1S/C74H52BNS/c1-74(2,3)53-45-67-72-69(46-53)77-68-41-39-50(47-22-7-4-8-23-47)43-65(68)75(72)64-40-38-52(44-66(64)76(67)73-55(48-24-9-5-10-25-48)36-21-37-56(73)49-26-11-6-12-27-49)70-59-32-17-19-34-61(59)71(62-35-20-18-33-60(62)70)63-42-51-28-13-14-29-54(51)57-30-15-16-31-58(57)63/h4-46H,1-3H3. The van der Waals surface area contributed by atoms with Crippen LogP contribution in [0, 0.1) is 0 Å². The van der Waals surface area contributed by atoms with Crippen LogP contribution in [0.4, 0.5) is 17.1 Å². The summed E-state index contributed by atoms with van der Waals surface area (Å²) in [6.45, 7) is 7.06. The number of benzene rings is 13. The van der Waals surface area contributed by atoms with Gasteiger partial charge in [0.2, 0.25) is 6.71 Å². The maximum atomic E-state index is 2.68. The van der Waals surface area contributed by atoms with E-state index in [1.807, 2.05) is 11.8 Å². The third-order valence-corrected chi connectivity index (χ3v) is 17.6. The Bertz CT molecular complexity index is 4400. The SMILES string of the molecule is CC(C)(C)c1cc2c3c(c1)N(c1c(-c4ccccc4)cccc1-c1ccccc1)c1cc(-c4c5ccccc5c(-c5cc6ccccc6c6ccccc56)c5ccccc45)ccc1B3c1cc(-c3ccccc3)ccc1S2. The highest BCUT2D eigenvalue weighted by atomic mass is 32.2. The fourth-order valence-corrected chi connectivity index (χ4v) is 14.0. The zero-order valence-corrected chi connectivity index (χ0v) is 44.1. The summed E-state index contributed by atoms with van der Waals surface area (Å²) in [5.74, 6) is 0. The Kier molecular flexibility index (Phi) is 10.6. The Morgan fingerprint density at radius 1 is 0.338 bits per heavy atom. The summed E-state index contributed by atoms with van der Waals surface area (Å²) in [7, 11) is 0. The molecule has 0 saturated carbocycles. The second kappa shape index (κ2) is 17.9. The van der Waals surface area contributed by atoms with Crippen molar-refractivity contribution in [3.8, 4) is 55.6 Å². The molecule has 3 heteroatoms. The van der Waals surface area contributed by atoms with Crippen molar-refractivity contribution in [1.29, 1.82) is 0 Å². The van der Waals surface area contributed by atoms with E-state index in [-0.39, 0.29) is 12.1 Å². The van der Waals surface area contributed by atoms with Gasteiger partial charge in [0.25, 0.3) is 0 Å². The zero-order chi connectivity index (χ0) is 51.4. The monoisotopic (exact) mass is 997 g/mol. The van der Waals surface area contributed by atoms with Crippen LogP contribution in [0.15, 0.2) is 271 Å². The Morgan fingerprint density at radius 3 is 1.49 bits per heavy atom. The lowest BCUT2D eigenvalue weighted by Gasteiger charge is -2.43. The molecule has 0 aromatic heterocycles. The van der Waals surface area contributed by atoms with E-state index in [1.54, 1.807) is 0 Å². The first-order valence-electron chi connectivity index (χ1n) is 26.9. The molecule has 0 aliphatic carbocycles. The van der Waals surface area contributed by atoms with Gasteiger partial charge in [0.05, 0.1) is 5.69 Å². The minimum atomic E-state index is -0.121. The molecule has 0 radical (unpaired) electrons. The number of fused-ring (bicyclic) bond motifs is 9. The predicted molar refractivity (Wildman–Crippen MR) is 332 cm³/mol. The highest BCUT2D eigenvalue weighted by Crippen LogP contribution is 2.52. The molecule has 0 fully saturated rings. The molecule has 0 N–H and O–H groups in total. The first kappa shape index (κ1) is 45.5. The van der Waals surface area contributed by atoms with Crippen LogP contribution in [-0.4, -0.2) is 6.71 Å². The summed E-state index contributed by atoms with van der Waals surface area (Å²) in [6, 6.07) is 98.1. The molecule has 13 aromatic carbocycles. The van der Waals surface area contributed by atoms with Crippen LogP contribution in [0.1, 0.15) is 26.3 Å². The van der Waals surface area contributed by atoms with E-state index in [9.17, 15) is 0 Å². The van der Waals surface area contributed by atoms with Gasteiger partial charge in [-0.05, 0) is 140 Å². The molecule has 0 spiro atoms. The second-order valence-electron chi connectivity index (χ2n) is 21.9. The summed E-state index contributed by atoms with van der Waals surface area (Å²) >= 11 is 1.93. The maximum absolute atomic E-state index is 2.68. The molecule has 0 saturated heterocycles. The Labute approximate surface area is 455 Å². The van der Waals surface area contributed by atoms with Crippen molar-refractivity contribution in [3.05, 3.63) is 266 Å². The molecule has 2 heterocycles. The van der Waals surface area contributed by atoms with Crippen LogP contribution in [0.2, 0.25) is 0 Å². The van der Waals surface area contributed by atoms with Gasteiger partial charge in [0.1, 0.15) is 0 Å². The van der Waals surface area contributed by atoms with Gasteiger partial charge >= 0.3 is 0 Å². The van der Waals surface area contributed by atoms with Gasteiger partial charge in [-0.2, -0.15) is 0 Å². The van der Waals surface area contributed by atoms with E-state index in [1.165, 1.54) is 148 Å². The molecule has 77 heavy (non-hydrogen) atoms. The van der Waals surface area contributed by atoms with Crippen molar-refractivity contribution in [3.63, 3.8) is 0 Å². The molecule has 0 bridgehead atoms. The topological polar surface area (TPSA) is 3.24 Å². The molecule has 2 aliphatic heterocycles. The summed E-state index contributed by atoms with van der Waals surface area (Å²) in [5, 5.41) is 10.0. The molecule has 2 aliphatic rings. The first-order valence-corrected chi connectivity index (χ1v) is 27.8. The predicted octanol–water partition coefficient (Wildman–Crippen LogP) is 18.7. The Balaban J connectivity index is 1.06. The van der Waals surface area contributed by atoms with Crippen molar-refractivity contribution in [2.45, 2.75) is 36.0 Å². The average Bonchev–Trinajstić information content (AvgIpc) is 3.48. The number of rotatable bonds is 6. The lowest BCUT2D eigenvalue weighted by atomic mass is 9.34. The summed E-state index contributed by atoms with van der Waals surface area (Å²) in [4.78, 5) is 5.32. The maximum Gasteiger partial charge on any atom is 0.249 e. The molecule has 1 nitrogen and oxygen atoms in total. The van der Waals surface area contributed by atoms with Crippen LogP contribution >= 0.6 is 11.8 Å². The smallest absolute Gasteiger partial charge is 0.249 e. The van der Waals surface area contributed by atoms with E-state index in [4.69, 9.17) is 0 Å². The molecule has 362 valence electrons. The zero-order valence-electron chi connectivity index (χ0n) is 43.3. The lowest BCUT2D eigenvalue weighted by molar-refractivity contribution is 0.589. The van der Waals surface area contributed by atoms with E-state index in [0.717, 1.165) is 0 Å². The minimum Gasteiger partial charge on any atom is -0.310 e. The molecule has 0 unspecified atom stereocenters. The van der Waals surface area contributed by atoms with E-state index >= 15 is 0 Å². The molecule has 0 amide bonds. The number of nitrogens with zero attached hydrogens (tertiary/aromatic N) is 1. The molecule has 13 aromatic rings. The van der Waals surface area contributed by atoms with Crippen molar-refractivity contribution in [2.24, 2.45) is 0 Å². The van der Waals surface area contributed by atoms with Crippen LogP contribution in [0.5, 0.6) is 0 Å². The van der Waals surface area contributed by atoms with Gasteiger partial charge in [-0.1, -0.05) is 269 Å². The van der Waals surface area contributed by atoms with Crippen molar-refractivity contribution in [1.82, 2.24) is 0 Å². The lowest BCUT2D eigenvalue weighted by Crippen LogP contribution is -2.60. The van der Waals surface area contributed by atoms with Gasteiger partial charge in [0.15, 0.2) is 0 Å². The van der Waals surface area contributed by atoms with Gasteiger partial charge in [-0.3, -0.25) is 0 Å². The Morgan fingerprint density at radius 2 is 0.870 bits per heavy atom. The number of para-hydroxylation sites is 1. The van der Waals surface area contributed by atoms with Gasteiger partial charge in [-0.15, -0.1) is 0 Å². The van der Waals surface area contributed by atoms with Crippen LogP contribution in [-0.2, 0) is 5.41 Å². The summed E-state index contributed by atoms with van der Waals surface area (Å²) in [5.41, 5.74) is 21.0. The van der Waals surface area contributed by atoms with Crippen molar-refractivity contribution in [2.75, 3.05) is 4.90 Å². The van der Waals surface area contributed by atoms with E-state index in [2.05, 4.69) is 287 Å². The van der Waals surface area contributed by atoms with E-state index < -0.39 is 0 Å². The number of hydrogen-bond acceptors (Lipinski definition) is 2. The third kappa shape index (κ3) is 7.32. The molecule has 0 atom stereocenters. The van der Waals surface area contributed by atoms with Crippen LogP contribution < -0.4 is 21.3 Å². The van der Waals surface area contributed by atoms with Crippen LogP contribution in [0.25, 0.3) is 98.7 Å². The van der Waals surface area contributed by atoms with Crippen molar-refractivity contribution >= 4 is 95.0 Å². The average molecular weight is 998 g/mol. The first-order chi connectivity index (χ1) is 37.9. The second-order valence-corrected chi connectivity index (χ2v) is 23.0. The molecule has 15 rings (SSSR count). The van der Waals surface area contributed by atoms with Gasteiger partial charge < -0.3 is 4.90 Å².